The number of hydrogen-bond donors (Lipinski definition) is 2. The van der Waals surface area contributed by atoms with Gasteiger partial charge in [-0.15, -0.1) is 11.8 Å². The molecule has 0 aromatic heterocycles. The van der Waals surface area contributed by atoms with E-state index in [1.54, 1.807) is 11.8 Å². The molecule has 0 saturated carbocycles. The third-order valence-corrected chi connectivity index (χ3v) is 4.17. The summed E-state index contributed by atoms with van der Waals surface area (Å²) in [6.07, 6.45) is 2.53. The van der Waals surface area contributed by atoms with Gasteiger partial charge < -0.3 is 15.4 Å². The van der Waals surface area contributed by atoms with Crippen molar-refractivity contribution in [2.24, 2.45) is 0 Å². The maximum atomic E-state index is 11.9. The Balaban J connectivity index is 1.83. The zero-order chi connectivity index (χ0) is 14.4. The number of nitrogens with one attached hydrogen (secondary N) is 2. The fourth-order valence-electron chi connectivity index (χ4n) is 2.24. The first-order valence-corrected chi connectivity index (χ1v) is 8.13. The van der Waals surface area contributed by atoms with E-state index in [1.165, 1.54) is 16.0 Å². The molecule has 1 unspecified atom stereocenters. The lowest BCUT2D eigenvalue weighted by molar-refractivity contribution is -0.122. The molecule has 1 saturated heterocycles. The van der Waals surface area contributed by atoms with E-state index in [0.29, 0.717) is 19.6 Å². The van der Waals surface area contributed by atoms with Crippen LogP contribution in [0.1, 0.15) is 17.5 Å². The van der Waals surface area contributed by atoms with Crippen LogP contribution in [0.2, 0.25) is 0 Å². The summed E-state index contributed by atoms with van der Waals surface area (Å²) in [4.78, 5) is 13.2. The lowest BCUT2D eigenvalue weighted by Gasteiger charge is -2.23. The van der Waals surface area contributed by atoms with Crippen LogP contribution in [0.5, 0.6) is 0 Å². The largest absolute Gasteiger partial charge is 0.378 e. The zero-order valence-corrected chi connectivity index (χ0v) is 12.9. The minimum Gasteiger partial charge on any atom is -0.378 e. The number of carbonyl (C=O) groups excluding carboxylic acids is 1. The molecular weight excluding hydrogens is 272 g/mol. The first kappa shape index (κ1) is 15.4. The number of ether oxygens (including phenoxy) is 1. The van der Waals surface area contributed by atoms with E-state index in [1.807, 2.05) is 0 Å². The molecule has 2 N–H and O–H groups in total. The highest BCUT2D eigenvalue weighted by Gasteiger charge is 2.16. The van der Waals surface area contributed by atoms with E-state index in [4.69, 9.17) is 4.74 Å². The van der Waals surface area contributed by atoms with Crippen LogP contribution < -0.4 is 10.6 Å². The Morgan fingerprint density at radius 3 is 3.10 bits per heavy atom. The van der Waals surface area contributed by atoms with Crippen LogP contribution in [-0.2, 0) is 16.1 Å². The standard InChI is InChI=1S/C15H22N2O2S/c1-11-3-4-12(14(7-11)20-2)9-17-15(18)8-13-10-19-6-5-16-13/h3-4,7,13,16H,5-6,8-10H2,1-2H3,(H,17,18). The molecule has 0 bridgehead atoms. The number of thioether (sulfide) groups is 1. The van der Waals surface area contributed by atoms with Gasteiger partial charge in [-0.3, -0.25) is 4.79 Å². The number of amides is 1. The van der Waals surface area contributed by atoms with Gasteiger partial charge in [0.15, 0.2) is 0 Å². The third kappa shape index (κ3) is 4.51. The molecule has 1 aliphatic heterocycles. The van der Waals surface area contributed by atoms with Gasteiger partial charge in [-0.25, -0.2) is 0 Å². The van der Waals surface area contributed by atoms with Crippen LogP contribution in [0.3, 0.4) is 0 Å². The van der Waals surface area contributed by atoms with Gasteiger partial charge >= 0.3 is 0 Å². The van der Waals surface area contributed by atoms with Crippen LogP contribution in [0.15, 0.2) is 23.1 Å². The maximum Gasteiger partial charge on any atom is 0.221 e. The second-order valence-corrected chi connectivity index (χ2v) is 5.87. The van der Waals surface area contributed by atoms with Gasteiger partial charge in [-0.2, -0.15) is 0 Å². The molecule has 110 valence electrons. The monoisotopic (exact) mass is 294 g/mol. The summed E-state index contributed by atoms with van der Waals surface area (Å²) >= 11 is 1.71. The molecule has 1 fully saturated rings. The Labute approximate surface area is 124 Å². The third-order valence-electron chi connectivity index (χ3n) is 3.35. The molecule has 0 aliphatic carbocycles. The molecule has 1 aliphatic rings. The lowest BCUT2D eigenvalue weighted by Crippen LogP contribution is -2.44. The van der Waals surface area contributed by atoms with Crippen molar-refractivity contribution >= 4 is 17.7 Å². The topological polar surface area (TPSA) is 50.4 Å². The number of morpholine rings is 1. The number of rotatable bonds is 5. The van der Waals surface area contributed by atoms with Crippen molar-refractivity contribution in [2.45, 2.75) is 30.8 Å². The quantitative estimate of drug-likeness (QED) is 0.812. The Bertz CT molecular complexity index is 459. The molecule has 4 nitrogen and oxygen atoms in total. The normalized spacial score (nSPS) is 18.8. The Kier molecular flexibility index (Phi) is 5.88. The average molecular weight is 294 g/mol. The fourth-order valence-corrected chi connectivity index (χ4v) is 2.94. The molecule has 0 radical (unpaired) electrons. The summed E-state index contributed by atoms with van der Waals surface area (Å²) in [5.74, 6) is 0.0700. The van der Waals surface area contributed by atoms with Gasteiger partial charge in [0.25, 0.3) is 0 Å². The van der Waals surface area contributed by atoms with E-state index in [9.17, 15) is 4.79 Å². The molecule has 1 atom stereocenters. The molecule has 1 amide bonds. The van der Waals surface area contributed by atoms with E-state index in [0.717, 1.165) is 13.2 Å². The summed E-state index contributed by atoms with van der Waals surface area (Å²) < 4.78 is 5.35. The molecule has 20 heavy (non-hydrogen) atoms. The van der Waals surface area contributed by atoms with E-state index < -0.39 is 0 Å². The number of aryl methyl sites for hydroxylation is 1. The van der Waals surface area contributed by atoms with Crippen molar-refractivity contribution in [2.75, 3.05) is 26.0 Å². The second-order valence-electron chi connectivity index (χ2n) is 5.02. The minimum atomic E-state index is 0.0700. The Morgan fingerprint density at radius 1 is 1.55 bits per heavy atom. The van der Waals surface area contributed by atoms with Crippen LogP contribution in [0.25, 0.3) is 0 Å². The fraction of sp³-hybridized carbons (Fsp3) is 0.533. The van der Waals surface area contributed by atoms with Crippen LogP contribution in [0, 0.1) is 6.92 Å². The van der Waals surface area contributed by atoms with Gasteiger partial charge in [-0.1, -0.05) is 12.1 Å². The number of benzene rings is 1. The molecule has 5 heteroatoms. The molecule has 1 aromatic carbocycles. The van der Waals surface area contributed by atoms with Crippen molar-refractivity contribution < 1.29 is 9.53 Å². The molecular formula is C15H22N2O2S. The Hall–Kier alpha value is -1.04. The first-order valence-electron chi connectivity index (χ1n) is 6.90. The molecule has 1 aromatic rings. The average Bonchev–Trinajstić information content (AvgIpc) is 2.47. The van der Waals surface area contributed by atoms with Crippen molar-refractivity contribution in [3.05, 3.63) is 29.3 Å². The van der Waals surface area contributed by atoms with Gasteiger partial charge in [0.2, 0.25) is 5.91 Å². The lowest BCUT2D eigenvalue weighted by atomic mass is 10.1. The summed E-state index contributed by atoms with van der Waals surface area (Å²) in [6, 6.07) is 6.46. The van der Waals surface area contributed by atoms with Gasteiger partial charge in [-0.05, 0) is 30.4 Å². The van der Waals surface area contributed by atoms with Crippen LogP contribution >= 0.6 is 11.8 Å². The van der Waals surface area contributed by atoms with Gasteiger partial charge in [0.1, 0.15) is 0 Å². The van der Waals surface area contributed by atoms with E-state index in [-0.39, 0.29) is 11.9 Å². The highest BCUT2D eigenvalue weighted by Crippen LogP contribution is 2.21. The highest BCUT2D eigenvalue weighted by atomic mass is 32.2. The van der Waals surface area contributed by atoms with Gasteiger partial charge in [0, 0.05) is 30.4 Å². The van der Waals surface area contributed by atoms with Crippen LogP contribution in [0.4, 0.5) is 0 Å². The number of carbonyl (C=O) groups is 1. The maximum absolute atomic E-state index is 11.9. The van der Waals surface area contributed by atoms with Crippen molar-refractivity contribution in [3.8, 4) is 0 Å². The first-order chi connectivity index (χ1) is 9.69. The molecule has 2 rings (SSSR count). The van der Waals surface area contributed by atoms with E-state index in [2.05, 4.69) is 42.0 Å². The van der Waals surface area contributed by atoms with Crippen molar-refractivity contribution in [1.29, 1.82) is 0 Å². The van der Waals surface area contributed by atoms with Crippen LogP contribution in [-0.4, -0.2) is 38.0 Å². The summed E-state index contributed by atoms with van der Waals surface area (Å²) in [7, 11) is 0. The van der Waals surface area contributed by atoms with Crippen molar-refractivity contribution in [3.63, 3.8) is 0 Å². The summed E-state index contributed by atoms with van der Waals surface area (Å²) in [5.41, 5.74) is 2.41. The second kappa shape index (κ2) is 7.67. The van der Waals surface area contributed by atoms with E-state index >= 15 is 0 Å². The SMILES string of the molecule is CSc1cc(C)ccc1CNC(=O)CC1COCCN1. The summed E-state index contributed by atoms with van der Waals surface area (Å²) in [5, 5.41) is 6.28. The zero-order valence-electron chi connectivity index (χ0n) is 12.1. The number of hydrogen-bond acceptors (Lipinski definition) is 4. The predicted molar refractivity (Wildman–Crippen MR) is 82.0 cm³/mol. The minimum absolute atomic E-state index is 0.0700. The van der Waals surface area contributed by atoms with Gasteiger partial charge in [0.05, 0.1) is 13.2 Å². The smallest absolute Gasteiger partial charge is 0.221 e. The Morgan fingerprint density at radius 2 is 2.40 bits per heavy atom. The predicted octanol–water partition coefficient (Wildman–Crippen LogP) is 1.71. The van der Waals surface area contributed by atoms with Crippen molar-refractivity contribution in [1.82, 2.24) is 10.6 Å². The summed E-state index contributed by atoms with van der Waals surface area (Å²) in [6.45, 7) is 4.85. The molecule has 0 spiro atoms. The highest BCUT2D eigenvalue weighted by molar-refractivity contribution is 7.98. The molecule has 1 heterocycles.